The van der Waals surface area contributed by atoms with Crippen LogP contribution in [0.4, 0.5) is 0 Å². The van der Waals surface area contributed by atoms with E-state index in [-0.39, 0.29) is 0 Å². The molecule has 2 nitrogen and oxygen atoms in total. The highest BCUT2D eigenvalue weighted by Crippen LogP contribution is 2.29. The van der Waals surface area contributed by atoms with Gasteiger partial charge in [-0.3, -0.25) is 9.88 Å². The third-order valence-electron chi connectivity index (χ3n) is 2.61. The maximum atomic E-state index is 4.02. The summed E-state index contributed by atoms with van der Waals surface area (Å²) in [5.74, 6) is 0. The minimum atomic E-state index is 0.632. The van der Waals surface area contributed by atoms with Crippen molar-refractivity contribution in [1.82, 2.24) is 9.88 Å². The van der Waals surface area contributed by atoms with Crippen LogP contribution in [0, 0.1) is 0 Å². The third-order valence-corrected chi connectivity index (χ3v) is 2.61. The molecule has 1 fully saturated rings. The number of aromatic nitrogens is 1. The summed E-state index contributed by atoms with van der Waals surface area (Å²) in [6.07, 6.45) is 6.37. The highest BCUT2D eigenvalue weighted by Gasteiger charge is 2.21. The molecule has 0 spiro atoms. The second-order valence-corrected chi connectivity index (χ2v) is 3.42. The summed E-state index contributed by atoms with van der Waals surface area (Å²) >= 11 is 0. The van der Waals surface area contributed by atoms with Gasteiger partial charge in [0, 0.05) is 18.4 Å². The largest absolute Gasteiger partial charge is 0.299 e. The summed E-state index contributed by atoms with van der Waals surface area (Å²) in [4.78, 5) is 6.44. The summed E-state index contributed by atoms with van der Waals surface area (Å²) in [7, 11) is 2.19. The maximum Gasteiger partial charge on any atom is 0.0346 e. The van der Waals surface area contributed by atoms with Crippen molar-refractivity contribution in [2.45, 2.75) is 32.7 Å². The number of likely N-dealkylation sites (tertiary alicyclic amines) is 1. The fraction of sp³-hybridized carbons (Fsp3) is 0.583. The average Bonchev–Trinajstić information content (AvgIpc) is 2.69. The van der Waals surface area contributed by atoms with E-state index in [9.17, 15) is 0 Å². The lowest BCUT2D eigenvalue weighted by atomic mass is 10.1. The van der Waals surface area contributed by atoms with Gasteiger partial charge in [0.2, 0.25) is 0 Å². The lowest BCUT2D eigenvalue weighted by molar-refractivity contribution is 0.317. The number of rotatable bonds is 1. The predicted octanol–water partition coefficient (Wildman–Crippen LogP) is 2.87. The normalized spacial score (nSPS) is 21.5. The molecular weight excluding hydrogens is 172 g/mol. The van der Waals surface area contributed by atoms with E-state index < -0.39 is 0 Å². The summed E-state index contributed by atoms with van der Waals surface area (Å²) in [5, 5.41) is 0. The summed E-state index contributed by atoms with van der Waals surface area (Å²) < 4.78 is 0. The molecular formula is C12H20N2. The van der Waals surface area contributed by atoms with Gasteiger partial charge in [0.25, 0.3) is 0 Å². The summed E-state index contributed by atoms with van der Waals surface area (Å²) in [6.45, 7) is 5.23. The lowest BCUT2D eigenvalue weighted by Gasteiger charge is -2.19. The average molecular weight is 192 g/mol. The van der Waals surface area contributed by atoms with Crippen LogP contribution in [0.1, 0.15) is 38.3 Å². The van der Waals surface area contributed by atoms with Gasteiger partial charge in [0.05, 0.1) is 0 Å². The Bertz CT molecular complexity index is 246. The van der Waals surface area contributed by atoms with Gasteiger partial charge >= 0.3 is 0 Å². The van der Waals surface area contributed by atoms with Crippen LogP contribution in [0.2, 0.25) is 0 Å². The quantitative estimate of drug-likeness (QED) is 0.680. The molecule has 1 atom stereocenters. The van der Waals surface area contributed by atoms with E-state index in [2.05, 4.69) is 29.1 Å². The fourth-order valence-electron chi connectivity index (χ4n) is 1.92. The molecule has 2 heteroatoms. The fourth-order valence-corrected chi connectivity index (χ4v) is 1.92. The van der Waals surface area contributed by atoms with E-state index >= 15 is 0 Å². The molecule has 1 unspecified atom stereocenters. The molecule has 14 heavy (non-hydrogen) atoms. The van der Waals surface area contributed by atoms with Crippen molar-refractivity contribution in [3.63, 3.8) is 0 Å². The van der Waals surface area contributed by atoms with Crippen molar-refractivity contribution < 1.29 is 0 Å². The highest BCUT2D eigenvalue weighted by atomic mass is 15.1. The van der Waals surface area contributed by atoms with Crippen LogP contribution in [0.25, 0.3) is 0 Å². The topological polar surface area (TPSA) is 16.1 Å². The van der Waals surface area contributed by atoms with Gasteiger partial charge < -0.3 is 0 Å². The SMILES string of the molecule is CC.CN1CCCC1c1ccncc1. The van der Waals surface area contributed by atoms with E-state index in [4.69, 9.17) is 0 Å². The second kappa shape index (κ2) is 5.76. The van der Waals surface area contributed by atoms with Gasteiger partial charge in [-0.05, 0) is 44.1 Å². The number of pyridine rings is 1. The molecule has 0 N–H and O–H groups in total. The molecule has 0 bridgehead atoms. The first-order chi connectivity index (χ1) is 6.88. The Morgan fingerprint density at radius 3 is 2.43 bits per heavy atom. The van der Waals surface area contributed by atoms with Gasteiger partial charge in [0.15, 0.2) is 0 Å². The molecule has 2 heterocycles. The van der Waals surface area contributed by atoms with Crippen LogP contribution in [0.15, 0.2) is 24.5 Å². The van der Waals surface area contributed by atoms with Gasteiger partial charge in [-0.25, -0.2) is 0 Å². The van der Waals surface area contributed by atoms with Crippen LogP contribution in [-0.2, 0) is 0 Å². The van der Waals surface area contributed by atoms with Crippen LogP contribution >= 0.6 is 0 Å². The van der Waals surface area contributed by atoms with Gasteiger partial charge in [0.1, 0.15) is 0 Å². The van der Waals surface area contributed by atoms with Gasteiger partial charge in [-0.1, -0.05) is 13.8 Å². The molecule has 1 aromatic heterocycles. The first kappa shape index (κ1) is 11.2. The molecule has 1 saturated heterocycles. The Balaban J connectivity index is 0.000000461. The molecule has 1 aliphatic heterocycles. The molecule has 78 valence electrons. The molecule has 1 aromatic rings. The zero-order valence-electron chi connectivity index (χ0n) is 9.40. The van der Waals surface area contributed by atoms with E-state index in [0.717, 1.165) is 0 Å². The van der Waals surface area contributed by atoms with Crippen molar-refractivity contribution in [2.24, 2.45) is 0 Å². The molecule has 0 amide bonds. The molecule has 1 aliphatic rings. The maximum absolute atomic E-state index is 4.02. The van der Waals surface area contributed by atoms with Gasteiger partial charge in [-0.2, -0.15) is 0 Å². The van der Waals surface area contributed by atoms with Crippen LogP contribution in [0.3, 0.4) is 0 Å². The van der Waals surface area contributed by atoms with Crippen molar-refractivity contribution >= 4 is 0 Å². The van der Waals surface area contributed by atoms with Gasteiger partial charge in [-0.15, -0.1) is 0 Å². The van der Waals surface area contributed by atoms with E-state index in [1.165, 1.54) is 24.9 Å². The molecule has 0 saturated carbocycles. The molecule has 0 aromatic carbocycles. The number of hydrogen-bond donors (Lipinski definition) is 0. The first-order valence-corrected chi connectivity index (χ1v) is 5.48. The summed E-state index contributed by atoms with van der Waals surface area (Å²) in [5.41, 5.74) is 1.41. The number of hydrogen-bond acceptors (Lipinski definition) is 2. The monoisotopic (exact) mass is 192 g/mol. The lowest BCUT2D eigenvalue weighted by Crippen LogP contribution is -2.17. The Labute approximate surface area is 87.0 Å². The van der Waals surface area contributed by atoms with Crippen LogP contribution in [0.5, 0.6) is 0 Å². The van der Waals surface area contributed by atoms with E-state index in [0.29, 0.717) is 6.04 Å². The zero-order valence-corrected chi connectivity index (χ0v) is 9.40. The van der Waals surface area contributed by atoms with E-state index in [1.54, 1.807) is 0 Å². The van der Waals surface area contributed by atoms with Crippen LogP contribution in [-0.4, -0.2) is 23.5 Å². The van der Waals surface area contributed by atoms with E-state index in [1.807, 2.05) is 26.2 Å². The number of nitrogens with zero attached hydrogens (tertiary/aromatic N) is 2. The Hall–Kier alpha value is -0.890. The van der Waals surface area contributed by atoms with Crippen molar-refractivity contribution in [3.05, 3.63) is 30.1 Å². The second-order valence-electron chi connectivity index (χ2n) is 3.42. The minimum absolute atomic E-state index is 0.632. The molecule has 0 aliphatic carbocycles. The zero-order chi connectivity index (χ0) is 10.4. The first-order valence-electron chi connectivity index (χ1n) is 5.48. The minimum Gasteiger partial charge on any atom is -0.299 e. The smallest absolute Gasteiger partial charge is 0.0346 e. The van der Waals surface area contributed by atoms with Crippen molar-refractivity contribution in [3.8, 4) is 0 Å². The standard InChI is InChI=1S/C10H14N2.C2H6/c1-12-8-2-3-10(12)9-4-6-11-7-5-9;1-2/h4-7,10H,2-3,8H2,1H3;1-2H3. The molecule has 2 rings (SSSR count). The highest BCUT2D eigenvalue weighted by molar-refractivity contribution is 5.15. The predicted molar refractivity (Wildman–Crippen MR) is 60.2 cm³/mol. The Morgan fingerprint density at radius 2 is 1.93 bits per heavy atom. The van der Waals surface area contributed by atoms with Crippen molar-refractivity contribution in [2.75, 3.05) is 13.6 Å². The molecule has 0 radical (unpaired) electrons. The van der Waals surface area contributed by atoms with Crippen LogP contribution < -0.4 is 0 Å². The third kappa shape index (κ3) is 2.55. The van der Waals surface area contributed by atoms with Crippen molar-refractivity contribution in [1.29, 1.82) is 0 Å². The Kier molecular flexibility index (Phi) is 4.60. The Morgan fingerprint density at radius 1 is 1.29 bits per heavy atom. The summed E-state index contributed by atoms with van der Waals surface area (Å²) in [6, 6.07) is 4.87.